The second kappa shape index (κ2) is 54.0. The lowest BCUT2D eigenvalue weighted by molar-refractivity contribution is -0.167. The molecular weight excluding hydrogens is 805 g/mol. The summed E-state index contributed by atoms with van der Waals surface area (Å²) in [6, 6.07) is 0. The second-order valence-corrected chi connectivity index (χ2v) is 18.8. The highest BCUT2D eigenvalue weighted by molar-refractivity contribution is 5.71. The van der Waals surface area contributed by atoms with Crippen LogP contribution in [-0.4, -0.2) is 37.2 Å². The van der Waals surface area contributed by atoms with Crippen LogP contribution in [0.4, 0.5) is 0 Å². The third kappa shape index (κ3) is 52.2. The zero-order chi connectivity index (χ0) is 47.2. The molecule has 0 spiro atoms. The highest BCUT2D eigenvalue weighted by Crippen LogP contribution is 2.16. The minimum absolute atomic E-state index is 0.0794. The molecule has 0 rings (SSSR count). The van der Waals surface area contributed by atoms with Crippen molar-refractivity contribution in [2.75, 3.05) is 13.2 Å². The number of hydrogen-bond donors (Lipinski definition) is 0. The van der Waals surface area contributed by atoms with Crippen molar-refractivity contribution in [3.63, 3.8) is 0 Å². The molecule has 0 aliphatic carbocycles. The van der Waals surface area contributed by atoms with Gasteiger partial charge < -0.3 is 14.2 Å². The maximum absolute atomic E-state index is 12.8. The molecule has 0 aliphatic heterocycles. The van der Waals surface area contributed by atoms with Crippen molar-refractivity contribution in [1.29, 1.82) is 0 Å². The molecule has 0 fully saturated rings. The number of unbranched alkanes of at least 4 members (excludes halogenated alkanes) is 32. The first-order valence-corrected chi connectivity index (χ1v) is 28.1. The van der Waals surface area contributed by atoms with Crippen LogP contribution >= 0.6 is 0 Å². The van der Waals surface area contributed by atoms with E-state index >= 15 is 0 Å². The standard InChI is InChI=1S/C59H106O6/c1-4-7-10-13-16-19-22-24-26-28-29-31-32-34-37-40-43-46-49-52-58(61)64-55-56(54-63-57(60)51-48-45-42-39-36-21-18-15-12-9-6-3)65-59(62)53-50-47-44-41-38-35-33-30-27-25-23-20-17-14-11-8-5-2/h15-16,18-19,24,26,29,31,56H,4-14,17,20-23,25,27-28,30,32-55H2,1-3H3/b18-15-,19-16-,26-24-,31-29-. The molecular formula is C59H106O6. The van der Waals surface area contributed by atoms with Crippen LogP contribution in [0.1, 0.15) is 290 Å². The molecule has 0 aliphatic rings. The van der Waals surface area contributed by atoms with E-state index in [9.17, 15) is 14.4 Å². The minimum Gasteiger partial charge on any atom is -0.462 e. The molecule has 378 valence electrons. The molecule has 0 saturated carbocycles. The molecule has 65 heavy (non-hydrogen) atoms. The van der Waals surface area contributed by atoms with Gasteiger partial charge in [0.25, 0.3) is 0 Å². The van der Waals surface area contributed by atoms with E-state index in [0.29, 0.717) is 19.3 Å². The van der Waals surface area contributed by atoms with Crippen molar-refractivity contribution in [2.24, 2.45) is 0 Å². The fourth-order valence-corrected chi connectivity index (χ4v) is 8.02. The van der Waals surface area contributed by atoms with Gasteiger partial charge in [-0.2, -0.15) is 0 Å². The van der Waals surface area contributed by atoms with E-state index in [0.717, 1.165) is 83.5 Å². The number of allylic oxidation sites excluding steroid dienone is 8. The summed E-state index contributed by atoms with van der Waals surface area (Å²) in [7, 11) is 0. The van der Waals surface area contributed by atoms with Gasteiger partial charge in [-0.3, -0.25) is 14.4 Å². The molecule has 6 heteroatoms. The van der Waals surface area contributed by atoms with Crippen LogP contribution in [0.15, 0.2) is 48.6 Å². The molecule has 0 radical (unpaired) electrons. The van der Waals surface area contributed by atoms with Crippen LogP contribution in [-0.2, 0) is 28.6 Å². The van der Waals surface area contributed by atoms with Crippen molar-refractivity contribution in [3.05, 3.63) is 48.6 Å². The Morgan fingerprint density at radius 2 is 0.569 bits per heavy atom. The van der Waals surface area contributed by atoms with E-state index in [4.69, 9.17) is 14.2 Å². The summed E-state index contributed by atoms with van der Waals surface area (Å²) in [5, 5.41) is 0. The average Bonchev–Trinajstić information content (AvgIpc) is 3.30. The zero-order valence-electron chi connectivity index (χ0n) is 43.3. The Balaban J connectivity index is 4.34. The fraction of sp³-hybridized carbons (Fsp3) is 0.814. The van der Waals surface area contributed by atoms with Gasteiger partial charge in [0.1, 0.15) is 13.2 Å². The molecule has 0 aromatic rings. The van der Waals surface area contributed by atoms with E-state index in [1.54, 1.807) is 0 Å². The van der Waals surface area contributed by atoms with Crippen LogP contribution in [0, 0.1) is 0 Å². The Morgan fingerprint density at radius 3 is 0.954 bits per heavy atom. The van der Waals surface area contributed by atoms with Crippen LogP contribution in [0.5, 0.6) is 0 Å². The molecule has 1 unspecified atom stereocenters. The first-order valence-electron chi connectivity index (χ1n) is 28.1. The van der Waals surface area contributed by atoms with Crippen LogP contribution in [0.25, 0.3) is 0 Å². The van der Waals surface area contributed by atoms with Crippen molar-refractivity contribution < 1.29 is 28.6 Å². The van der Waals surface area contributed by atoms with Gasteiger partial charge in [0.2, 0.25) is 0 Å². The van der Waals surface area contributed by atoms with Gasteiger partial charge in [0.15, 0.2) is 6.10 Å². The Labute approximate surface area is 403 Å². The van der Waals surface area contributed by atoms with Gasteiger partial charge in [0.05, 0.1) is 0 Å². The summed E-state index contributed by atoms with van der Waals surface area (Å²) < 4.78 is 16.8. The van der Waals surface area contributed by atoms with Crippen molar-refractivity contribution >= 4 is 17.9 Å². The first-order chi connectivity index (χ1) is 32.0. The smallest absolute Gasteiger partial charge is 0.306 e. The van der Waals surface area contributed by atoms with E-state index in [1.807, 2.05) is 0 Å². The summed E-state index contributed by atoms with van der Waals surface area (Å²) in [6.45, 7) is 6.58. The number of rotatable bonds is 51. The van der Waals surface area contributed by atoms with Crippen LogP contribution in [0.3, 0.4) is 0 Å². The fourth-order valence-electron chi connectivity index (χ4n) is 8.02. The maximum atomic E-state index is 12.8. The molecule has 0 bridgehead atoms. The molecule has 0 amide bonds. The minimum atomic E-state index is -0.779. The predicted octanol–water partition coefficient (Wildman–Crippen LogP) is 18.7. The lowest BCUT2D eigenvalue weighted by Gasteiger charge is -2.18. The number of carbonyl (C=O) groups is 3. The second-order valence-electron chi connectivity index (χ2n) is 18.8. The van der Waals surface area contributed by atoms with E-state index < -0.39 is 6.10 Å². The highest BCUT2D eigenvalue weighted by atomic mass is 16.6. The highest BCUT2D eigenvalue weighted by Gasteiger charge is 2.19. The van der Waals surface area contributed by atoms with E-state index in [1.165, 1.54) is 167 Å². The number of hydrogen-bond acceptors (Lipinski definition) is 6. The summed E-state index contributed by atoms with van der Waals surface area (Å²) in [5.41, 5.74) is 0. The average molecular weight is 911 g/mol. The van der Waals surface area contributed by atoms with Crippen LogP contribution < -0.4 is 0 Å². The van der Waals surface area contributed by atoms with Gasteiger partial charge in [-0.25, -0.2) is 0 Å². The lowest BCUT2D eigenvalue weighted by atomic mass is 10.0. The van der Waals surface area contributed by atoms with Gasteiger partial charge in [-0.1, -0.05) is 243 Å². The summed E-state index contributed by atoms with van der Waals surface area (Å²) in [5.74, 6) is -0.888. The molecule has 0 aromatic carbocycles. The third-order valence-electron chi connectivity index (χ3n) is 12.3. The monoisotopic (exact) mass is 911 g/mol. The Bertz CT molecular complexity index is 1140. The first kappa shape index (κ1) is 62.4. The summed E-state index contributed by atoms with van der Waals surface area (Å²) in [6.07, 6.45) is 65.2. The lowest BCUT2D eigenvalue weighted by Crippen LogP contribution is -2.30. The third-order valence-corrected chi connectivity index (χ3v) is 12.3. The zero-order valence-corrected chi connectivity index (χ0v) is 43.3. The normalized spacial score (nSPS) is 12.4. The van der Waals surface area contributed by atoms with E-state index in [2.05, 4.69) is 69.4 Å². The SMILES string of the molecule is CCCC/C=C\CCCCCCCC(=O)OCC(COC(=O)CCCCCCCC/C=C\C/C=C\C/C=C\CCCCC)OC(=O)CCCCCCCCCCCCCCCCCCC. The van der Waals surface area contributed by atoms with Gasteiger partial charge in [0, 0.05) is 19.3 Å². The van der Waals surface area contributed by atoms with Gasteiger partial charge in [-0.05, 0) is 77.0 Å². The largest absolute Gasteiger partial charge is 0.462 e. The van der Waals surface area contributed by atoms with Gasteiger partial charge >= 0.3 is 17.9 Å². The molecule has 1 atom stereocenters. The topological polar surface area (TPSA) is 78.9 Å². The van der Waals surface area contributed by atoms with Crippen molar-refractivity contribution in [1.82, 2.24) is 0 Å². The van der Waals surface area contributed by atoms with Crippen molar-refractivity contribution in [3.8, 4) is 0 Å². The Kier molecular flexibility index (Phi) is 51.8. The molecule has 6 nitrogen and oxygen atoms in total. The predicted molar refractivity (Wildman–Crippen MR) is 279 cm³/mol. The van der Waals surface area contributed by atoms with Crippen LogP contribution in [0.2, 0.25) is 0 Å². The summed E-state index contributed by atoms with van der Waals surface area (Å²) in [4.78, 5) is 38.1. The number of carbonyl (C=O) groups excluding carboxylic acids is 3. The number of ether oxygens (including phenoxy) is 3. The van der Waals surface area contributed by atoms with E-state index in [-0.39, 0.29) is 31.1 Å². The summed E-state index contributed by atoms with van der Waals surface area (Å²) >= 11 is 0. The molecule has 0 aromatic heterocycles. The molecule has 0 heterocycles. The molecule has 0 N–H and O–H groups in total. The Morgan fingerprint density at radius 1 is 0.308 bits per heavy atom. The molecule has 0 saturated heterocycles. The van der Waals surface area contributed by atoms with Gasteiger partial charge in [-0.15, -0.1) is 0 Å². The quantitative estimate of drug-likeness (QED) is 0.0262. The maximum Gasteiger partial charge on any atom is 0.306 e. The van der Waals surface area contributed by atoms with Crippen molar-refractivity contribution in [2.45, 2.75) is 297 Å². The Hall–Kier alpha value is -2.63. The number of esters is 3.